The third-order valence-electron chi connectivity index (χ3n) is 6.70. The fourth-order valence-electron chi connectivity index (χ4n) is 4.29. The number of aromatic nitrogens is 5. The lowest BCUT2D eigenvalue weighted by atomic mass is 9.88. The predicted octanol–water partition coefficient (Wildman–Crippen LogP) is 3.93. The van der Waals surface area contributed by atoms with Gasteiger partial charge in [0.1, 0.15) is 23.2 Å². The lowest BCUT2D eigenvalue weighted by Gasteiger charge is -2.22. The number of hydrogen-bond acceptors (Lipinski definition) is 6. The Labute approximate surface area is 199 Å². The van der Waals surface area contributed by atoms with Gasteiger partial charge in [-0.25, -0.2) is 21.5 Å². The topological polar surface area (TPSA) is 93.2 Å². The van der Waals surface area contributed by atoms with Crippen LogP contribution in [0.25, 0.3) is 16.1 Å². The SMILES string of the molecule is [C-]#[N+]C(C)(C)[C@@H]1CCN(c2cc(NC(=O)c3cccc(-c4cnn(C)c4)n3)nc(C3CC3)n2)C1. The Hall–Kier alpha value is -3.80. The minimum absolute atomic E-state index is 0.279. The molecule has 3 aromatic heterocycles. The quantitative estimate of drug-likeness (QED) is 0.565. The molecule has 0 bridgehead atoms. The first-order chi connectivity index (χ1) is 16.3. The van der Waals surface area contributed by atoms with Crippen molar-refractivity contribution in [2.75, 3.05) is 23.3 Å². The predicted molar refractivity (Wildman–Crippen MR) is 129 cm³/mol. The molecule has 9 nitrogen and oxygen atoms in total. The van der Waals surface area contributed by atoms with Gasteiger partial charge in [-0.15, -0.1) is 0 Å². The largest absolute Gasteiger partial charge is 0.356 e. The highest BCUT2D eigenvalue weighted by atomic mass is 16.1. The maximum absolute atomic E-state index is 13.1. The number of rotatable bonds is 6. The van der Waals surface area contributed by atoms with Crippen LogP contribution in [0.5, 0.6) is 0 Å². The minimum Gasteiger partial charge on any atom is -0.356 e. The van der Waals surface area contributed by atoms with Crippen molar-refractivity contribution in [1.29, 1.82) is 0 Å². The van der Waals surface area contributed by atoms with Gasteiger partial charge in [0.05, 0.1) is 17.8 Å². The molecular formula is C25H28N8O. The van der Waals surface area contributed by atoms with E-state index in [4.69, 9.17) is 11.6 Å². The van der Waals surface area contributed by atoms with Gasteiger partial charge in [0.25, 0.3) is 5.91 Å². The standard InChI is InChI=1S/C25H28N8O/c1-25(2,26-3)18-10-11-33(15-18)22-12-21(29-23(31-22)16-8-9-16)30-24(34)20-7-5-6-19(28-20)17-13-27-32(4)14-17/h5-7,12-14,16,18H,8-11,15H2,1-2,4H3,(H,29,30,31,34)/t18-/m1/s1. The second-order valence-electron chi connectivity index (χ2n) is 9.71. The lowest BCUT2D eigenvalue weighted by molar-refractivity contribution is 0.102. The van der Waals surface area contributed by atoms with Crippen molar-refractivity contribution in [1.82, 2.24) is 24.7 Å². The van der Waals surface area contributed by atoms with Crippen molar-refractivity contribution < 1.29 is 4.79 Å². The molecule has 2 aliphatic rings. The van der Waals surface area contributed by atoms with E-state index in [-0.39, 0.29) is 11.8 Å². The average Bonchev–Trinajstić information content (AvgIpc) is 3.39. The van der Waals surface area contributed by atoms with Crippen molar-refractivity contribution in [2.24, 2.45) is 13.0 Å². The van der Waals surface area contributed by atoms with Crippen LogP contribution in [0.3, 0.4) is 0 Å². The molecule has 34 heavy (non-hydrogen) atoms. The summed E-state index contributed by atoms with van der Waals surface area (Å²) in [7, 11) is 1.84. The molecule has 3 aromatic rings. The van der Waals surface area contributed by atoms with Crippen LogP contribution in [0.15, 0.2) is 36.7 Å². The molecule has 1 atom stereocenters. The first-order valence-corrected chi connectivity index (χ1v) is 11.6. The highest BCUT2D eigenvalue weighted by Gasteiger charge is 2.41. The molecule has 2 fully saturated rings. The van der Waals surface area contributed by atoms with Crippen LogP contribution in [0.1, 0.15) is 55.3 Å². The first-order valence-electron chi connectivity index (χ1n) is 11.6. The number of anilines is 2. The number of nitrogens with zero attached hydrogens (tertiary/aromatic N) is 7. The Bertz CT molecular complexity index is 1270. The summed E-state index contributed by atoms with van der Waals surface area (Å²) in [4.78, 5) is 33.1. The Morgan fingerprint density at radius 2 is 2.03 bits per heavy atom. The van der Waals surface area contributed by atoms with E-state index in [0.29, 0.717) is 23.1 Å². The van der Waals surface area contributed by atoms with Crippen LogP contribution in [0.4, 0.5) is 11.6 Å². The van der Waals surface area contributed by atoms with E-state index >= 15 is 0 Å². The van der Waals surface area contributed by atoms with Crippen LogP contribution < -0.4 is 10.2 Å². The van der Waals surface area contributed by atoms with Crippen molar-refractivity contribution in [2.45, 2.75) is 44.6 Å². The van der Waals surface area contributed by atoms with Gasteiger partial charge in [-0.1, -0.05) is 6.07 Å². The zero-order chi connectivity index (χ0) is 23.9. The van der Waals surface area contributed by atoms with Gasteiger partial charge in [-0.05, 0) is 31.4 Å². The van der Waals surface area contributed by atoms with Crippen LogP contribution in [-0.4, -0.2) is 49.3 Å². The monoisotopic (exact) mass is 456 g/mol. The zero-order valence-corrected chi connectivity index (χ0v) is 19.7. The fourth-order valence-corrected chi connectivity index (χ4v) is 4.29. The summed E-state index contributed by atoms with van der Waals surface area (Å²) >= 11 is 0. The van der Waals surface area contributed by atoms with Gasteiger partial charge < -0.3 is 15.1 Å². The maximum atomic E-state index is 13.1. The molecule has 1 saturated carbocycles. The number of hydrogen-bond donors (Lipinski definition) is 1. The molecule has 1 amide bonds. The molecule has 1 aliphatic heterocycles. The molecule has 0 spiro atoms. The van der Waals surface area contributed by atoms with E-state index < -0.39 is 5.54 Å². The number of amides is 1. The Morgan fingerprint density at radius 1 is 1.21 bits per heavy atom. The summed E-state index contributed by atoms with van der Waals surface area (Å²) in [5.41, 5.74) is 1.45. The molecular weight excluding hydrogens is 428 g/mol. The van der Waals surface area contributed by atoms with Crippen molar-refractivity contribution in [3.8, 4) is 11.3 Å². The van der Waals surface area contributed by atoms with Gasteiger partial charge in [0, 0.05) is 57.7 Å². The fraction of sp³-hybridized carbons (Fsp3) is 0.440. The molecule has 1 N–H and O–H groups in total. The third kappa shape index (κ3) is 4.49. The second-order valence-corrected chi connectivity index (χ2v) is 9.71. The number of aryl methyl sites for hydroxylation is 1. The summed E-state index contributed by atoms with van der Waals surface area (Å²) in [5.74, 6) is 2.39. The molecule has 0 aromatic carbocycles. The number of carbonyl (C=O) groups excluding carboxylic acids is 1. The van der Waals surface area contributed by atoms with E-state index in [2.05, 4.69) is 30.1 Å². The minimum atomic E-state index is -0.400. The van der Waals surface area contributed by atoms with Crippen LogP contribution in [0.2, 0.25) is 0 Å². The van der Waals surface area contributed by atoms with Gasteiger partial charge >= 0.3 is 0 Å². The molecule has 1 aliphatic carbocycles. The smallest absolute Gasteiger partial charge is 0.275 e. The van der Waals surface area contributed by atoms with E-state index in [1.807, 2.05) is 45.3 Å². The van der Waals surface area contributed by atoms with E-state index in [1.165, 1.54) is 0 Å². The zero-order valence-electron chi connectivity index (χ0n) is 19.7. The summed E-state index contributed by atoms with van der Waals surface area (Å²) in [6.07, 6.45) is 6.67. The van der Waals surface area contributed by atoms with E-state index in [9.17, 15) is 4.79 Å². The number of nitrogens with one attached hydrogen (secondary N) is 1. The molecule has 174 valence electrons. The molecule has 9 heteroatoms. The van der Waals surface area contributed by atoms with Crippen molar-refractivity contribution in [3.05, 3.63) is 59.6 Å². The average molecular weight is 457 g/mol. The van der Waals surface area contributed by atoms with Gasteiger partial charge in [-0.2, -0.15) is 5.10 Å². The van der Waals surface area contributed by atoms with Gasteiger partial charge in [0.2, 0.25) is 5.54 Å². The Balaban J connectivity index is 1.38. The third-order valence-corrected chi connectivity index (χ3v) is 6.70. The van der Waals surface area contributed by atoms with Crippen molar-refractivity contribution >= 4 is 17.5 Å². The van der Waals surface area contributed by atoms with Crippen molar-refractivity contribution in [3.63, 3.8) is 0 Å². The number of pyridine rings is 1. The van der Waals surface area contributed by atoms with Crippen LogP contribution in [0, 0.1) is 12.5 Å². The van der Waals surface area contributed by atoms with Gasteiger partial charge in [0.15, 0.2) is 0 Å². The number of carbonyl (C=O) groups is 1. The molecule has 5 rings (SSSR count). The highest BCUT2D eigenvalue weighted by Crippen LogP contribution is 2.40. The summed E-state index contributed by atoms with van der Waals surface area (Å²) in [5, 5.41) is 7.11. The molecule has 4 heterocycles. The maximum Gasteiger partial charge on any atom is 0.275 e. The molecule has 1 saturated heterocycles. The van der Waals surface area contributed by atoms with Crippen LogP contribution in [-0.2, 0) is 7.05 Å². The Morgan fingerprint density at radius 3 is 2.74 bits per heavy atom. The summed E-state index contributed by atoms with van der Waals surface area (Å²) < 4.78 is 1.70. The lowest BCUT2D eigenvalue weighted by Crippen LogP contribution is -2.31. The molecule has 0 radical (unpaired) electrons. The van der Waals surface area contributed by atoms with E-state index in [0.717, 1.165) is 49.6 Å². The highest BCUT2D eigenvalue weighted by molar-refractivity contribution is 6.02. The first kappa shape index (κ1) is 22.0. The normalized spacial score (nSPS) is 18.1. The summed E-state index contributed by atoms with van der Waals surface area (Å²) in [6, 6.07) is 7.20. The second kappa shape index (κ2) is 8.52. The van der Waals surface area contributed by atoms with Gasteiger partial charge in [-0.3, -0.25) is 9.48 Å². The summed E-state index contributed by atoms with van der Waals surface area (Å²) in [6.45, 7) is 13.1. The van der Waals surface area contributed by atoms with E-state index in [1.54, 1.807) is 16.9 Å². The van der Waals surface area contributed by atoms with Crippen LogP contribution >= 0.6 is 0 Å². The Kier molecular flexibility index (Phi) is 5.52. The molecule has 0 unspecified atom stereocenters.